The average molecular weight is 422 g/mol. The number of pyridine rings is 1. The standard InChI is InChI=1S/C23H20ClN3O3/c1-23(2,29)17-9-8-16(20(24)12-17)14-27-21(28)19-7-4-10-26-22(19)30-18-6-3-5-15(11-18)13-25/h3-12,29H,14H2,1-2H3,(H,27,28). The summed E-state index contributed by atoms with van der Waals surface area (Å²) >= 11 is 6.31. The maximum Gasteiger partial charge on any atom is 0.257 e. The Morgan fingerprint density at radius 1 is 1.23 bits per heavy atom. The van der Waals surface area contributed by atoms with Crippen LogP contribution in [0, 0.1) is 11.3 Å². The van der Waals surface area contributed by atoms with Gasteiger partial charge in [0, 0.05) is 17.8 Å². The number of carbonyl (C=O) groups excluding carboxylic acids is 1. The smallest absolute Gasteiger partial charge is 0.257 e. The molecule has 0 bridgehead atoms. The van der Waals surface area contributed by atoms with Gasteiger partial charge in [0.15, 0.2) is 0 Å². The molecular formula is C23H20ClN3O3. The summed E-state index contributed by atoms with van der Waals surface area (Å²) in [7, 11) is 0. The summed E-state index contributed by atoms with van der Waals surface area (Å²) in [6.07, 6.45) is 1.52. The lowest BCUT2D eigenvalue weighted by Gasteiger charge is -2.19. The van der Waals surface area contributed by atoms with Gasteiger partial charge in [-0.05, 0) is 61.4 Å². The number of benzene rings is 2. The van der Waals surface area contributed by atoms with Crippen molar-refractivity contribution in [3.05, 3.63) is 88.1 Å². The molecule has 6 nitrogen and oxygen atoms in total. The first-order chi connectivity index (χ1) is 14.3. The zero-order valence-electron chi connectivity index (χ0n) is 16.5. The molecule has 1 heterocycles. The summed E-state index contributed by atoms with van der Waals surface area (Å²) < 4.78 is 5.73. The Labute approximate surface area is 179 Å². The molecule has 0 radical (unpaired) electrons. The maximum atomic E-state index is 12.7. The quantitative estimate of drug-likeness (QED) is 0.608. The number of amides is 1. The van der Waals surface area contributed by atoms with Gasteiger partial charge in [0.25, 0.3) is 5.91 Å². The first-order valence-electron chi connectivity index (χ1n) is 9.20. The van der Waals surface area contributed by atoms with Crippen LogP contribution in [-0.4, -0.2) is 16.0 Å². The van der Waals surface area contributed by atoms with Crippen molar-refractivity contribution in [2.75, 3.05) is 0 Å². The Kier molecular flexibility index (Phi) is 6.36. The first-order valence-corrected chi connectivity index (χ1v) is 9.58. The summed E-state index contributed by atoms with van der Waals surface area (Å²) in [5.74, 6) is 0.165. The van der Waals surface area contributed by atoms with Gasteiger partial charge in [-0.15, -0.1) is 0 Å². The molecule has 1 amide bonds. The number of ether oxygens (including phenoxy) is 1. The van der Waals surface area contributed by atoms with Gasteiger partial charge < -0.3 is 15.2 Å². The van der Waals surface area contributed by atoms with Crippen molar-refractivity contribution in [1.29, 1.82) is 5.26 Å². The molecule has 2 aromatic carbocycles. The summed E-state index contributed by atoms with van der Waals surface area (Å²) in [5, 5.41) is 22.4. The van der Waals surface area contributed by atoms with E-state index in [1.807, 2.05) is 6.07 Å². The minimum Gasteiger partial charge on any atom is -0.438 e. The highest BCUT2D eigenvalue weighted by atomic mass is 35.5. The Hall–Kier alpha value is -3.40. The molecular weight excluding hydrogens is 402 g/mol. The van der Waals surface area contributed by atoms with Crippen LogP contribution in [0.2, 0.25) is 5.02 Å². The molecule has 0 aliphatic heterocycles. The van der Waals surface area contributed by atoms with Gasteiger partial charge in [0.1, 0.15) is 11.3 Å². The fourth-order valence-corrected chi connectivity index (χ4v) is 2.98. The summed E-state index contributed by atoms with van der Waals surface area (Å²) in [4.78, 5) is 16.9. The van der Waals surface area contributed by atoms with Crippen LogP contribution in [0.25, 0.3) is 0 Å². The van der Waals surface area contributed by atoms with Crippen LogP contribution in [0.3, 0.4) is 0 Å². The van der Waals surface area contributed by atoms with Crippen molar-refractivity contribution < 1.29 is 14.6 Å². The predicted octanol–water partition coefficient (Wildman–Crippen LogP) is 4.56. The molecule has 7 heteroatoms. The zero-order chi connectivity index (χ0) is 21.7. The van der Waals surface area contributed by atoms with Crippen molar-refractivity contribution in [2.24, 2.45) is 0 Å². The number of rotatable bonds is 6. The van der Waals surface area contributed by atoms with Crippen LogP contribution in [0.4, 0.5) is 0 Å². The Balaban J connectivity index is 1.74. The third-order valence-corrected chi connectivity index (χ3v) is 4.74. The van der Waals surface area contributed by atoms with Gasteiger partial charge >= 0.3 is 0 Å². The lowest BCUT2D eigenvalue weighted by molar-refractivity contribution is 0.0785. The zero-order valence-corrected chi connectivity index (χ0v) is 17.3. The fraction of sp³-hybridized carbons (Fsp3) is 0.174. The monoisotopic (exact) mass is 421 g/mol. The number of halogens is 1. The first kappa shape index (κ1) is 21.3. The number of carbonyl (C=O) groups is 1. The van der Waals surface area contributed by atoms with Crippen molar-refractivity contribution >= 4 is 17.5 Å². The number of aromatic nitrogens is 1. The average Bonchev–Trinajstić information content (AvgIpc) is 2.72. The molecule has 0 saturated heterocycles. The number of nitrogens with one attached hydrogen (secondary N) is 1. The molecule has 0 spiro atoms. The van der Waals surface area contributed by atoms with Gasteiger partial charge in [0.2, 0.25) is 5.88 Å². The largest absolute Gasteiger partial charge is 0.438 e. The van der Waals surface area contributed by atoms with E-state index in [4.69, 9.17) is 21.6 Å². The summed E-state index contributed by atoms with van der Waals surface area (Å²) in [6, 6.07) is 17.1. The summed E-state index contributed by atoms with van der Waals surface area (Å²) in [5.41, 5.74) is 1.09. The number of nitrogens with zero attached hydrogens (tertiary/aromatic N) is 2. The Morgan fingerprint density at radius 3 is 2.73 bits per heavy atom. The number of nitriles is 1. The Bertz CT molecular complexity index is 1120. The number of hydrogen-bond donors (Lipinski definition) is 2. The van der Waals surface area contributed by atoms with Gasteiger partial charge in [0.05, 0.1) is 17.2 Å². The maximum absolute atomic E-state index is 12.7. The van der Waals surface area contributed by atoms with Crippen molar-refractivity contribution in [3.8, 4) is 17.7 Å². The molecule has 0 fully saturated rings. The van der Waals surface area contributed by atoms with E-state index in [-0.39, 0.29) is 23.9 Å². The summed E-state index contributed by atoms with van der Waals surface area (Å²) in [6.45, 7) is 3.55. The van der Waals surface area contributed by atoms with E-state index in [0.29, 0.717) is 27.5 Å². The third-order valence-electron chi connectivity index (χ3n) is 4.39. The van der Waals surface area contributed by atoms with Crippen molar-refractivity contribution in [1.82, 2.24) is 10.3 Å². The minimum absolute atomic E-state index is 0.133. The van der Waals surface area contributed by atoms with E-state index in [2.05, 4.69) is 10.3 Å². The molecule has 30 heavy (non-hydrogen) atoms. The molecule has 0 unspecified atom stereocenters. The number of aliphatic hydroxyl groups is 1. The highest BCUT2D eigenvalue weighted by Crippen LogP contribution is 2.26. The highest BCUT2D eigenvalue weighted by Gasteiger charge is 2.18. The van der Waals surface area contributed by atoms with Crippen LogP contribution in [-0.2, 0) is 12.1 Å². The SMILES string of the molecule is CC(C)(O)c1ccc(CNC(=O)c2cccnc2Oc2cccc(C#N)c2)c(Cl)c1. The lowest BCUT2D eigenvalue weighted by atomic mass is 9.97. The molecule has 1 aromatic heterocycles. The molecule has 0 aliphatic carbocycles. The van der Waals surface area contributed by atoms with Crippen LogP contribution in [0.15, 0.2) is 60.8 Å². The van der Waals surface area contributed by atoms with Gasteiger partial charge in [-0.1, -0.05) is 29.8 Å². The van der Waals surface area contributed by atoms with Crippen LogP contribution >= 0.6 is 11.6 Å². The predicted molar refractivity (Wildman–Crippen MR) is 113 cm³/mol. The van der Waals surface area contributed by atoms with E-state index >= 15 is 0 Å². The minimum atomic E-state index is -1.00. The molecule has 0 saturated carbocycles. The second kappa shape index (κ2) is 8.95. The topological polar surface area (TPSA) is 95.2 Å². The molecule has 0 aliphatic rings. The normalized spacial score (nSPS) is 10.9. The molecule has 3 rings (SSSR count). The number of hydrogen-bond acceptors (Lipinski definition) is 5. The van der Waals surface area contributed by atoms with E-state index in [1.165, 1.54) is 6.20 Å². The van der Waals surface area contributed by atoms with Crippen molar-refractivity contribution in [3.63, 3.8) is 0 Å². The van der Waals surface area contributed by atoms with E-state index in [1.54, 1.807) is 68.4 Å². The second-order valence-corrected chi connectivity index (χ2v) is 7.55. The van der Waals surface area contributed by atoms with E-state index < -0.39 is 5.60 Å². The van der Waals surface area contributed by atoms with Crippen LogP contribution < -0.4 is 10.1 Å². The molecule has 0 atom stereocenters. The van der Waals surface area contributed by atoms with Crippen LogP contribution in [0.5, 0.6) is 11.6 Å². The van der Waals surface area contributed by atoms with Gasteiger partial charge in [-0.2, -0.15) is 5.26 Å². The van der Waals surface area contributed by atoms with E-state index in [0.717, 1.165) is 0 Å². The highest BCUT2D eigenvalue weighted by molar-refractivity contribution is 6.31. The molecule has 152 valence electrons. The van der Waals surface area contributed by atoms with Crippen molar-refractivity contribution in [2.45, 2.75) is 26.0 Å². The molecule has 2 N–H and O–H groups in total. The van der Waals surface area contributed by atoms with Crippen LogP contribution in [0.1, 0.15) is 40.9 Å². The second-order valence-electron chi connectivity index (χ2n) is 7.15. The van der Waals surface area contributed by atoms with Gasteiger partial charge in [-0.25, -0.2) is 4.98 Å². The molecule has 3 aromatic rings. The lowest BCUT2D eigenvalue weighted by Crippen LogP contribution is -2.24. The van der Waals surface area contributed by atoms with Gasteiger partial charge in [-0.3, -0.25) is 4.79 Å². The Morgan fingerprint density at radius 2 is 2.03 bits per heavy atom. The third kappa shape index (κ3) is 5.15. The fourth-order valence-electron chi connectivity index (χ4n) is 2.73. The van der Waals surface area contributed by atoms with E-state index in [9.17, 15) is 9.90 Å².